The van der Waals surface area contributed by atoms with Crippen molar-refractivity contribution in [1.29, 1.82) is 0 Å². The summed E-state index contributed by atoms with van der Waals surface area (Å²) in [6.45, 7) is 3.67. The summed E-state index contributed by atoms with van der Waals surface area (Å²) < 4.78 is 16.0. The number of nitrogens with zero attached hydrogens (tertiary/aromatic N) is 1. The number of hydrogen-bond acceptors (Lipinski definition) is 6. The molecule has 0 aliphatic heterocycles. The highest BCUT2D eigenvalue weighted by Gasteiger charge is 2.64. The number of carbonyl (C=O) groups excluding carboxylic acids is 2. The van der Waals surface area contributed by atoms with Gasteiger partial charge in [-0.05, 0) is 72.6 Å². The molecule has 2 aromatic rings. The van der Waals surface area contributed by atoms with Crippen LogP contribution in [0.25, 0.3) is 0 Å². The molecule has 2 fully saturated rings. The van der Waals surface area contributed by atoms with Crippen LogP contribution in [-0.2, 0) is 33.8 Å². The first kappa shape index (κ1) is 21.2. The van der Waals surface area contributed by atoms with Crippen LogP contribution < -0.4 is 4.74 Å². The highest BCUT2D eigenvalue weighted by atomic mass is 16.5. The van der Waals surface area contributed by atoms with Gasteiger partial charge < -0.3 is 14.0 Å². The normalized spacial score (nSPS) is 30.9. The Kier molecular flexibility index (Phi) is 5.14. The summed E-state index contributed by atoms with van der Waals surface area (Å²) in [5.74, 6) is 2.41. The van der Waals surface area contributed by atoms with Gasteiger partial charge in [0.25, 0.3) is 0 Å². The van der Waals surface area contributed by atoms with E-state index in [1.165, 1.54) is 18.1 Å². The predicted molar refractivity (Wildman–Crippen MR) is 117 cm³/mol. The molecular formula is C26H31NO5. The summed E-state index contributed by atoms with van der Waals surface area (Å²) in [4.78, 5) is 24.3. The number of rotatable bonds is 5. The molecule has 3 aliphatic carbocycles. The Morgan fingerprint density at radius 2 is 2.06 bits per heavy atom. The third-order valence-corrected chi connectivity index (χ3v) is 8.66. The number of benzene rings is 1. The standard InChI is InChI=1S/C26H31NO5/c1-16(28)31-15-20-13-18(27-32-20)14-26-11-9-24(29)25(26,2)10-8-22-21-6-5-19(30-3)12-17(21)4-7-23(22)26/h5-6,12-13,22-23H,4,7-11,14-15H2,1-3H3/t22-,23-,25-,26+/m1/s1. The van der Waals surface area contributed by atoms with Gasteiger partial charge in [0.15, 0.2) is 12.4 Å². The second-order valence-corrected chi connectivity index (χ2v) is 10.0. The van der Waals surface area contributed by atoms with E-state index in [0.717, 1.165) is 50.0 Å². The quantitative estimate of drug-likeness (QED) is 0.626. The minimum Gasteiger partial charge on any atom is -0.497 e. The zero-order valence-electron chi connectivity index (χ0n) is 19.1. The van der Waals surface area contributed by atoms with Crippen LogP contribution in [0, 0.1) is 16.7 Å². The van der Waals surface area contributed by atoms with Crippen LogP contribution in [0.4, 0.5) is 0 Å². The molecule has 0 bridgehead atoms. The van der Waals surface area contributed by atoms with Crippen LogP contribution in [0.1, 0.15) is 74.5 Å². The van der Waals surface area contributed by atoms with Gasteiger partial charge in [0.1, 0.15) is 11.5 Å². The second kappa shape index (κ2) is 7.75. The molecule has 3 aliphatic rings. The Hall–Kier alpha value is -2.63. The lowest BCUT2D eigenvalue weighted by Gasteiger charge is -2.56. The fourth-order valence-corrected chi connectivity index (χ4v) is 7.05. The van der Waals surface area contributed by atoms with Crippen LogP contribution in [0.3, 0.4) is 0 Å². The molecule has 0 unspecified atom stereocenters. The SMILES string of the molecule is COc1ccc2c(c1)CC[C@@H]1[C@@H]2CC[C@]2(C)C(=O)CC[C@]12Cc1cc(COC(C)=O)on1. The minimum absolute atomic E-state index is 0.0901. The van der Waals surface area contributed by atoms with Gasteiger partial charge >= 0.3 is 5.97 Å². The molecule has 5 rings (SSSR count). The van der Waals surface area contributed by atoms with Crippen LogP contribution >= 0.6 is 0 Å². The average molecular weight is 438 g/mol. The maximum Gasteiger partial charge on any atom is 0.303 e. The van der Waals surface area contributed by atoms with Gasteiger partial charge in [0, 0.05) is 31.2 Å². The van der Waals surface area contributed by atoms with Crippen molar-refractivity contribution >= 4 is 11.8 Å². The van der Waals surface area contributed by atoms with Crippen molar-refractivity contribution in [2.75, 3.05) is 7.11 Å². The van der Waals surface area contributed by atoms with E-state index in [1.807, 2.05) is 6.07 Å². The summed E-state index contributed by atoms with van der Waals surface area (Å²) in [6, 6.07) is 8.39. The van der Waals surface area contributed by atoms with E-state index in [0.29, 0.717) is 29.8 Å². The Morgan fingerprint density at radius 1 is 1.22 bits per heavy atom. The summed E-state index contributed by atoms with van der Waals surface area (Å²) in [7, 11) is 1.71. The molecule has 1 aromatic carbocycles. The maximum absolute atomic E-state index is 13.2. The van der Waals surface area contributed by atoms with Gasteiger partial charge in [0.05, 0.1) is 12.8 Å². The molecule has 0 radical (unpaired) electrons. The van der Waals surface area contributed by atoms with Crippen molar-refractivity contribution in [3.63, 3.8) is 0 Å². The van der Waals surface area contributed by atoms with Crippen LogP contribution in [0.2, 0.25) is 0 Å². The molecule has 0 amide bonds. The van der Waals surface area contributed by atoms with Crippen molar-refractivity contribution in [3.8, 4) is 5.75 Å². The summed E-state index contributed by atoms with van der Waals surface area (Å²) in [5, 5.41) is 4.31. The third kappa shape index (κ3) is 3.18. The van der Waals surface area contributed by atoms with E-state index in [9.17, 15) is 9.59 Å². The number of esters is 1. The van der Waals surface area contributed by atoms with Crippen LogP contribution in [0.5, 0.6) is 5.75 Å². The zero-order chi connectivity index (χ0) is 22.5. The lowest BCUT2D eigenvalue weighted by molar-refractivity contribution is -0.142. The first-order chi connectivity index (χ1) is 15.4. The van der Waals surface area contributed by atoms with Crippen molar-refractivity contribution < 1.29 is 23.6 Å². The summed E-state index contributed by atoms with van der Waals surface area (Å²) in [5.41, 5.74) is 3.22. The summed E-state index contributed by atoms with van der Waals surface area (Å²) in [6.07, 6.45) is 6.32. The van der Waals surface area contributed by atoms with Gasteiger partial charge in [-0.3, -0.25) is 9.59 Å². The molecule has 0 N–H and O–H groups in total. The highest BCUT2D eigenvalue weighted by Crippen LogP contribution is 2.67. The fraction of sp³-hybridized carbons (Fsp3) is 0.577. The maximum atomic E-state index is 13.2. The molecule has 0 saturated heterocycles. The fourth-order valence-electron chi connectivity index (χ4n) is 7.05. The third-order valence-electron chi connectivity index (χ3n) is 8.66. The number of Topliss-reactive ketones (excluding diaryl/α,β-unsaturated/α-hetero) is 1. The Bertz CT molecular complexity index is 1060. The van der Waals surface area contributed by atoms with E-state index in [4.69, 9.17) is 14.0 Å². The van der Waals surface area contributed by atoms with Crippen LogP contribution in [0.15, 0.2) is 28.8 Å². The van der Waals surface area contributed by atoms with Crippen LogP contribution in [-0.4, -0.2) is 24.0 Å². The van der Waals surface area contributed by atoms with Gasteiger partial charge in [-0.15, -0.1) is 0 Å². The number of aryl methyl sites for hydroxylation is 1. The van der Waals surface area contributed by atoms with E-state index in [-0.39, 0.29) is 23.4 Å². The highest BCUT2D eigenvalue weighted by molar-refractivity contribution is 5.88. The number of carbonyl (C=O) groups is 2. The van der Waals surface area contributed by atoms with Gasteiger partial charge in [-0.25, -0.2) is 0 Å². The van der Waals surface area contributed by atoms with Crippen molar-refractivity contribution in [3.05, 3.63) is 46.8 Å². The molecule has 2 saturated carbocycles. The van der Waals surface area contributed by atoms with Gasteiger partial charge in [-0.1, -0.05) is 18.1 Å². The monoisotopic (exact) mass is 437 g/mol. The van der Waals surface area contributed by atoms with Gasteiger partial charge in [0.2, 0.25) is 0 Å². The first-order valence-corrected chi connectivity index (χ1v) is 11.6. The Morgan fingerprint density at radius 3 is 2.84 bits per heavy atom. The van der Waals surface area contributed by atoms with Gasteiger partial charge in [-0.2, -0.15) is 0 Å². The van der Waals surface area contributed by atoms with Crippen molar-refractivity contribution in [1.82, 2.24) is 5.16 Å². The number of aromatic nitrogens is 1. The molecule has 32 heavy (non-hydrogen) atoms. The number of ether oxygens (including phenoxy) is 2. The van der Waals surface area contributed by atoms with E-state index >= 15 is 0 Å². The molecule has 0 spiro atoms. The largest absolute Gasteiger partial charge is 0.497 e. The summed E-state index contributed by atoms with van der Waals surface area (Å²) >= 11 is 0. The lowest BCUT2D eigenvalue weighted by Crippen LogP contribution is -2.52. The molecular weight excluding hydrogens is 406 g/mol. The molecule has 1 heterocycles. The zero-order valence-corrected chi connectivity index (χ0v) is 19.1. The smallest absolute Gasteiger partial charge is 0.303 e. The Balaban J connectivity index is 1.49. The molecule has 6 heteroatoms. The molecule has 170 valence electrons. The lowest BCUT2D eigenvalue weighted by atomic mass is 9.46. The van der Waals surface area contributed by atoms with E-state index in [2.05, 4.69) is 30.3 Å². The number of hydrogen-bond donors (Lipinski definition) is 0. The Labute approximate surface area is 188 Å². The average Bonchev–Trinajstić information content (AvgIpc) is 3.34. The van der Waals surface area contributed by atoms with Crippen molar-refractivity contribution in [2.24, 2.45) is 16.7 Å². The minimum atomic E-state index is -0.344. The number of ketones is 1. The topological polar surface area (TPSA) is 78.6 Å². The predicted octanol–water partition coefficient (Wildman–Crippen LogP) is 4.78. The number of fused-ring (bicyclic) bond motifs is 5. The van der Waals surface area contributed by atoms with E-state index < -0.39 is 0 Å². The second-order valence-electron chi connectivity index (χ2n) is 10.0. The first-order valence-electron chi connectivity index (χ1n) is 11.6. The number of methoxy groups -OCH3 is 1. The molecule has 6 nitrogen and oxygen atoms in total. The van der Waals surface area contributed by atoms with E-state index in [1.54, 1.807) is 7.11 Å². The molecule has 4 atom stereocenters. The van der Waals surface area contributed by atoms with Crippen molar-refractivity contribution in [2.45, 2.75) is 71.3 Å². The molecule has 1 aromatic heterocycles.